The van der Waals surface area contributed by atoms with Gasteiger partial charge in [0.1, 0.15) is 6.26 Å². The zero-order chi connectivity index (χ0) is 14.8. The van der Waals surface area contributed by atoms with E-state index in [9.17, 15) is 5.11 Å². The molecule has 1 fully saturated rings. The average molecular weight is 290 g/mol. The van der Waals surface area contributed by atoms with Crippen molar-refractivity contribution >= 4 is 0 Å². The van der Waals surface area contributed by atoms with Crippen molar-refractivity contribution in [3.8, 4) is 0 Å². The van der Waals surface area contributed by atoms with Crippen LogP contribution in [0.5, 0.6) is 0 Å². The highest BCUT2D eigenvalue weighted by Gasteiger charge is 2.34. The van der Waals surface area contributed by atoms with Crippen LogP contribution in [-0.2, 0) is 6.54 Å². The first-order valence-corrected chi connectivity index (χ1v) is 7.44. The summed E-state index contributed by atoms with van der Waals surface area (Å²) >= 11 is 0. The van der Waals surface area contributed by atoms with Crippen LogP contribution in [0.4, 0.5) is 0 Å². The summed E-state index contributed by atoms with van der Waals surface area (Å²) in [4.78, 5) is 2.32. The topological polar surface area (TPSA) is 67.3 Å². The molecule has 2 aromatic rings. The standard InChI is InChI=1S/C15H22N4O2/c1-11(2)19-7-12(5-16-19)15-9-18(6-13(15)10-20)8-14-3-4-21-17-14/h3-5,7,11,13,15,20H,6,8-10H2,1-2H3/t13-,15-/m0/s1. The SMILES string of the molecule is CC(C)n1cc([C@@H]2CN(Cc3ccon3)C[C@H]2CO)cn1. The summed E-state index contributed by atoms with van der Waals surface area (Å²) in [5.41, 5.74) is 2.15. The Morgan fingerprint density at radius 3 is 2.90 bits per heavy atom. The van der Waals surface area contributed by atoms with E-state index in [4.69, 9.17) is 4.52 Å². The van der Waals surface area contributed by atoms with Gasteiger partial charge in [-0.3, -0.25) is 9.58 Å². The molecule has 0 unspecified atom stereocenters. The molecule has 2 atom stereocenters. The van der Waals surface area contributed by atoms with Gasteiger partial charge in [-0.15, -0.1) is 0 Å². The molecule has 1 saturated heterocycles. The molecule has 3 rings (SSSR count). The Labute approximate surface area is 124 Å². The second kappa shape index (κ2) is 5.99. The summed E-state index contributed by atoms with van der Waals surface area (Å²) in [6, 6.07) is 2.25. The van der Waals surface area contributed by atoms with Gasteiger partial charge in [0, 0.05) is 56.4 Å². The van der Waals surface area contributed by atoms with Crippen LogP contribution in [0.3, 0.4) is 0 Å². The van der Waals surface area contributed by atoms with Gasteiger partial charge in [-0.25, -0.2) is 0 Å². The van der Waals surface area contributed by atoms with E-state index in [2.05, 4.69) is 35.2 Å². The Bertz CT molecular complexity index is 564. The van der Waals surface area contributed by atoms with E-state index in [0.717, 1.165) is 25.3 Å². The Hall–Kier alpha value is -1.66. The summed E-state index contributed by atoms with van der Waals surface area (Å²) in [5.74, 6) is 0.580. The van der Waals surface area contributed by atoms with E-state index < -0.39 is 0 Å². The van der Waals surface area contributed by atoms with E-state index in [1.165, 1.54) is 5.56 Å². The monoisotopic (exact) mass is 290 g/mol. The fraction of sp³-hybridized carbons (Fsp3) is 0.600. The van der Waals surface area contributed by atoms with Crippen molar-refractivity contribution in [1.29, 1.82) is 0 Å². The molecule has 21 heavy (non-hydrogen) atoms. The average Bonchev–Trinajstić information content (AvgIpc) is 3.18. The third-order valence-corrected chi connectivity index (χ3v) is 4.21. The lowest BCUT2D eigenvalue weighted by Crippen LogP contribution is -2.21. The van der Waals surface area contributed by atoms with Crippen LogP contribution in [0.15, 0.2) is 29.2 Å². The summed E-state index contributed by atoms with van der Waals surface area (Å²) in [6.45, 7) is 7.00. The quantitative estimate of drug-likeness (QED) is 0.907. The predicted octanol–water partition coefficient (Wildman–Crippen LogP) is 1.66. The Morgan fingerprint density at radius 1 is 1.43 bits per heavy atom. The minimum absolute atomic E-state index is 0.201. The number of nitrogens with zero attached hydrogens (tertiary/aromatic N) is 4. The van der Waals surface area contributed by atoms with Gasteiger partial charge in [0.15, 0.2) is 0 Å². The molecule has 6 nitrogen and oxygen atoms in total. The largest absolute Gasteiger partial charge is 0.396 e. The van der Waals surface area contributed by atoms with Crippen LogP contribution in [0.25, 0.3) is 0 Å². The number of aliphatic hydroxyl groups is 1. The highest BCUT2D eigenvalue weighted by atomic mass is 16.5. The number of hydrogen-bond acceptors (Lipinski definition) is 5. The summed E-state index contributed by atoms with van der Waals surface area (Å²) in [7, 11) is 0. The molecule has 3 heterocycles. The molecule has 0 radical (unpaired) electrons. The molecule has 114 valence electrons. The maximum Gasteiger partial charge on any atom is 0.124 e. The molecule has 1 aliphatic heterocycles. The van der Waals surface area contributed by atoms with Gasteiger partial charge in [0.25, 0.3) is 0 Å². The Morgan fingerprint density at radius 2 is 2.29 bits per heavy atom. The van der Waals surface area contributed by atoms with Crippen LogP contribution in [-0.4, -0.2) is 44.6 Å². The highest BCUT2D eigenvalue weighted by molar-refractivity contribution is 5.16. The van der Waals surface area contributed by atoms with Crippen molar-refractivity contribution in [2.75, 3.05) is 19.7 Å². The first-order valence-electron chi connectivity index (χ1n) is 7.44. The zero-order valence-corrected chi connectivity index (χ0v) is 12.5. The van der Waals surface area contributed by atoms with Gasteiger partial charge in [-0.2, -0.15) is 5.10 Å². The summed E-state index contributed by atoms with van der Waals surface area (Å²) < 4.78 is 6.86. The molecule has 0 saturated carbocycles. The molecule has 1 aliphatic rings. The summed E-state index contributed by atoms with van der Waals surface area (Å²) in [5, 5.41) is 18.0. The van der Waals surface area contributed by atoms with Crippen LogP contribution >= 0.6 is 0 Å². The third-order valence-electron chi connectivity index (χ3n) is 4.21. The number of likely N-dealkylation sites (tertiary alicyclic amines) is 1. The predicted molar refractivity (Wildman–Crippen MR) is 77.7 cm³/mol. The van der Waals surface area contributed by atoms with Crippen molar-refractivity contribution in [2.24, 2.45) is 5.92 Å². The van der Waals surface area contributed by atoms with Crippen LogP contribution < -0.4 is 0 Å². The first kappa shape index (κ1) is 14.3. The highest BCUT2D eigenvalue weighted by Crippen LogP contribution is 2.33. The maximum absolute atomic E-state index is 9.67. The molecular weight excluding hydrogens is 268 g/mol. The molecule has 1 N–H and O–H groups in total. The number of aromatic nitrogens is 3. The van der Waals surface area contributed by atoms with E-state index in [1.807, 2.05) is 16.9 Å². The molecule has 6 heteroatoms. The van der Waals surface area contributed by atoms with Crippen molar-refractivity contribution in [1.82, 2.24) is 19.8 Å². The minimum Gasteiger partial charge on any atom is -0.396 e. The van der Waals surface area contributed by atoms with Gasteiger partial charge in [0.05, 0.1) is 11.9 Å². The normalized spacial score (nSPS) is 23.2. The number of aliphatic hydroxyl groups excluding tert-OH is 1. The van der Waals surface area contributed by atoms with Crippen molar-refractivity contribution in [2.45, 2.75) is 32.4 Å². The fourth-order valence-electron chi connectivity index (χ4n) is 3.03. The molecule has 0 bridgehead atoms. The number of rotatable bonds is 5. The second-order valence-electron chi connectivity index (χ2n) is 6.08. The third kappa shape index (κ3) is 3.01. The molecule has 2 aromatic heterocycles. The van der Waals surface area contributed by atoms with Gasteiger partial charge < -0.3 is 9.63 Å². The molecule has 0 aromatic carbocycles. The minimum atomic E-state index is 0.201. The Balaban J connectivity index is 1.71. The summed E-state index contributed by atoms with van der Waals surface area (Å²) in [6.07, 6.45) is 5.64. The van der Waals surface area contributed by atoms with Crippen LogP contribution in [0, 0.1) is 5.92 Å². The lowest BCUT2D eigenvalue weighted by atomic mass is 9.92. The van der Waals surface area contributed by atoms with Gasteiger partial charge in [-0.1, -0.05) is 5.16 Å². The molecule has 0 amide bonds. The van der Waals surface area contributed by atoms with E-state index in [0.29, 0.717) is 12.0 Å². The first-order chi connectivity index (χ1) is 10.2. The molecule has 0 spiro atoms. The lowest BCUT2D eigenvalue weighted by molar-refractivity contribution is 0.213. The van der Waals surface area contributed by atoms with Gasteiger partial charge in [0.2, 0.25) is 0 Å². The fourth-order valence-corrected chi connectivity index (χ4v) is 3.03. The maximum atomic E-state index is 9.67. The second-order valence-corrected chi connectivity index (χ2v) is 6.08. The van der Waals surface area contributed by atoms with E-state index in [1.54, 1.807) is 6.26 Å². The van der Waals surface area contributed by atoms with Crippen molar-refractivity contribution in [3.63, 3.8) is 0 Å². The van der Waals surface area contributed by atoms with Crippen molar-refractivity contribution < 1.29 is 9.63 Å². The van der Waals surface area contributed by atoms with Gasteiger partial charge >= 0.3 is 0 Å². The van der Waals surface area contributed by atoms with Crippen LogP contribution in [0.2, 0.25) is 0 Å². The molecular formula is C15H22N4O2. The molecule has 0 aliphatic carbocycles. The van der Waals surface area contributed by atoms with E-state index in [-0.39, 0.29) is 12.5 Å². The smallest absolute Gasteiger partial charge is 0.124 e. The Kier molecular flexibility index (Phi) is 4.07. The van der Waals surface area contributed by atoms with Crippen LogP contribution in [0.1, 0.15) is 37.1 Å². The lowest BCUT2D eigenvalue weighted by Gasteiger charge is -2.14. The van der Waals surface area contributed by atoms with Crippen molar-refractivity contribution in [3.05, 3.63) is 36.0 Å². The van der Waals surface area contributed by atoms with Gasteiger partial charge in [-0.05, 0) is 19.4 Å². The van der Waals surface area contributed by atoms with E-state index >= 15 is 0 Å². The number of hydrogen-bond donors (Lipinski definition) is 1. The zero-order valence-electron chi connectivity index (χ0n) is 12.5.